The summed E-state index contributed by atoms with van der Waals surface area (Å²) in [4.78, 5) is 31.3. The lowest BCUT2D eigenvalue weighted by Gasteiger charge is -2.30. The normalized spacial score (nSPS) is 18.1. The molecular formula is C30H32FN3O5S. The number of aliphatic hydroxyl groups excluding tert-OH is 1. The maximum absolute atomic E-state index is 14.1. The number of amides is 2. The van der Waals surface area contributed by atoms with Gasteiger partial charge < -0.3 is 25.2 Å². The van der Waals surface area contributed by atoms with Crippen LogP contribution in [0.25, 0.3) is 0 Å². The number of carbonyl (C=O) groups excluding carboxylic acids is 2. The van der Waals surface area contributed by atoms with E-state index in [9.17, 15) is 14.0 Å². The zero-order chi connectivity index (χ0) is 28.1. The molecule has 10 heteroatoms. The predicted molar refractivity (Wildman–Crippen MR) is 150 cm³/mol. The Balaban J connectivity index is 1.18. The van der Waals surface area contributed by atoms with Crippen LogP contribution in [-0.4, -0.2) is 53.0 Å². The lowest BCUT2D eigenvalue weighted by atomic mass is 9.90. The van der Waals surface area contributed by atoms with Gasteiger partial charge in [-0.05, 0) is 80.5 Å². The zero-order valence-corrected chi connectivity index (χ0v) is 23.1. The van der Waals surface area contributed by atoms with Gasteiger partial charge in [0.15, 0.2) is 0 Å². The van der Waals surface area contributed by atoms with Crippen molar-refractivity contribution in [3.63, 3.8) is 0 Å². The van der Waals surface area contributed by atoms with Gasteiger partial charge in [0.2, 0.25) is 5.88 Å². The van der Waals surface area contributed by atoms with Crippen molar-refractivity contribution in [3.05, 3.63) is 76.7 Å². The van der Waals surface area contributed by atoms with E-state index in [4.69, 9.17) is 14.6 Å². The van der Waals surface area contributed by atoms with Crippen LogP contribution in [0.15, 0.2) is 53.6 Å². The number of nitrogens with one attached hydrogen (secondary N) is 2. The summed E-state index contributed by atoms with van der Waals surface area (Å²) in [6.45, 7) is 1.87. The van der Waals surface area contributed by atoms with Crippen LogP contribution in [0.3, 0.4) is 0 Å². The van der Waals surface area contributed by atoms with E-state index in [1.165, 1.54) is 5.56 Å². The number of pyridine rings is 1. The Kier molecular flexibility index (Phi) is 8.86. The summed E-state index contributed by atoms with van der Waals surface area (Å²) >= 11 is 1.75. The van der Waals surface area contributed by atoms with Crippen LogP contribution in [0.4, 0.5) is 4.39 Å². The topological polar surface area (TPSA) is 110 Å². The lowest BCUT2D eigenvalue weighted by molar-refractivity contribution is 0.0887. The number of hydrogen-bond acceptors (Lipinski definition) is 7. The monoisotopic (exact) mass is 565 g/mol. The molecular weight excluding hydrogens is 533 g/mol. The van der Waals surface area contributed by atoms with Gasteiger partial charge in [0.05, 0.1) is 18.4 Å². The van der Waals surface area contributed by atoms with Gasteiger partial charge in [-0.2, -0.15) is 0 Å². The zero-order valence-electron chi connectivity index (χ0n) is 22.2. The molecule has 0 radical (unpaired) electrons. The first-order chi connectivity index (χ1) is 19.4. The Bertz CT molecular complexity index is 1390. The summed E-state index contributed by atoms with van der Waals surface area (Å²) in [5.41, 5.74) is 2.68. The quantitative estimate of drug-likeness (QED) is 0.342. The molecule has 2 aromatic carbocycles. The lowest BCUT2D eigenvalue weighted by Crippen LogP contribution is -2.44. The number of fused-ring (bicyclic) bond motifs is 1. The van der Waals surface area contributed by atoms with Gasteiger partial charge in [0.1, 0.15) is 29.5 Å². The summed E-state index contributed by atoms with van der Waals surface area (Å²) in [6.07, 6.45) is 4.70. The highest BCUT2D eigenvalue weighted by atomic mass is 32.2. The number of aromatic nitrogens is 1. The van der Waals surface area contributed by atoms with Crippen LogP contribution >= 0.6 is 11.8 Å². The van der Waals surface area contributed by atoms with Gasteiger partial charge in [0, 0.05) is 22.7 Å². The second-order valence-corrected chi connectivity index (χ2v) is 11.2. The molecule has 5 rings (SSSR count). The highest BCUT2D eigenvalue weighted by molar-refractivity contribution is 7.99. The molecule has 8 nitrogen and oxygen atoms in total. The standard InChI is InChI=1S/C30H32FN3O5S/c1-18-2-9-24(26(14-18)38-12-11-35)28(36)33-21-4-6-22(7-5-21)34-29(37)25-15-20(31)17-32-30(25)39-23-8-3-19-10-13-40-27(19)16-23/h2-3,8-9,14-17,21-22,35H,4-7,10-13H2,1H3,(H,33,36)(H,34,37). The predicted octanol–water partition coefficient (Wildman–Crippen LogP) is 4.81. The molecule has 1 saturated carbocycles. The number of ether oxygens (including phenoxy) is 2. The van der Waals surface area contributed by atoms with Crippen molar-refractivity contribution >= 4 is 23.6 Å². The van der Waals surface area contributed by atoms with Crippen LogP contribution in [0, 0.1) is 12.7 Å². The van der Waals surface area contributed by atoms with Crippen LogP contribution in [0.5, 0.6) is 17.4 Å². The van der Waals surface area contributed by atoms with Crippen molar-refractivity contribution in [2.45, 2.75) is 56.0 Å². The third kappa shape index (κ3) is 6.74. The summed E-state index contributed by atoms with van der Waals surface area (Å²) < 4.78 is 25.5. The highest BCUT2D eigenvalue weighted by Gasteiger charge is 2.27. The third-order valence-corrected chi connectivity index (χ3v) is 8.17. The largest absolute Gasteiger partial charge is 0.490 e. The van der Waals surface area contributed by atoms with Crippen LogP contribution in [0.1, 0.15) is 57.5 Å². The molecule has 3 aromatic rings. The van der Waals surface area contributed by atoms with E-state index in [2.05, 4.69) is 15.6 Å². The first kappa shape index (κ1) is 27.9. The number of benzene rings is 2. The van der Waals surface area contributed by atoms with E-state index in [-0.39, 0.29) is 42.6 Å². The van der Waals surface area contributed by atoms with E-state index in [0.717, 1.165) is 34.9 Å². The molecule has 0 spiro atoms. The minimum Gasteiger partial charge on any atom is -0.490 e. The first-order valence-electron chi connectivity index (χ1n) is 13.4. The highest BCUT2D eigenvalue weighted by Crippen LogP contribution is 2.35. The molecule has 210 valence electrons. The van der Waals surface area contributed by atoms with Crippen LogP contribution in [0.2, 0.25) is 0 Å². The molecule has 2 heterocycles. The van der Waals surface area contributed by atoms with Crippen molar-refractivity contribution in [3.8, 4) is 17.4 Å². The smallest absolute Gasteiger partial charge is 0.257 e. The average molecular weight is 566 g/mol. The molecule has 1 aliphatic heterocycles. The number of thioether (sulfide) groups is 1. The number of aliphatic hydroxyl groups is 1. The van der Waals surface area contributed by atoms with Gasteiger partial charge in [-0.15, -0.1) is 11.8 Å². The van der Waals surface area contributed by atoms with Crippen molar-refractivity contribution in [2.24, 2.45) is 0 Å². The van der Waals surface area contributed by atoms with Crippen LogP contribution in [-0.2, 0) is 6.42 Å². The van der Waals surface area contributed by atoms with E-state index < -0.39 is 11.7 Å². The molecule has 0 saturated heterocycles. The third-order valence-electron chi connectivity index (χ3n) is 7.07. The molecule has 0 atom stereocenters. The Labute approximate surface area is 236 Å². The van der Waals surface area contributed by atoms with E-state index in [1.807, 2.05) is 31.2 Å². The maximum atomic E-state index is 14.1. The summed E-state index contributed by atoms with van der Waals surface area (Å²) in [5, 5.41) is 15.1. The first-order valence-corrected chi connectivity index (χ1v) is 14.4. The fraction of sp³-hybridized carbons (Fsp3) is 0.367. The molecule has 2 aliphatic rings. The van der Waals surface area contributed by atoms with E-state index in [1.54, 1.807) is 23.9 Å². The molecule has 1 fully saturated rings. The fourth-order valence-corrected chi connectivity index (χ4v) is 6.09. The van der Waals surface area contributed by atoms with Gasteiger partial charge in [0.25, 0.3) is 11.8 Å². The summed E-state index contributed by atoms with van der Waals surface area (Å²) in [7, 11) is 0. The van der Waals surface area contributed by atoms with Crippen molar-refractivity contribution in [1.29, 1.82) is 0 Å². The van der Waals surface area contributed by atoms with Crippen molar-refractivity contribution in [1.82, 2.24) is 15.6 Å². The molecule has 2 amide bonds. The van der Waals surface area contributed by atoms with Gasteiger partial charge in [-0.1, -0.05) is 12.1 Å². The molecule has 0 unspecified atom stereocenters. The van der Waals surface area contributed by atoms with Gasteiger partial charge in [-0.25, -0.2) is 9.37 Å². The summed E-state index contributed by atoms with van der Waals surface area (Å²) in [6, 6.07) is 12.1. The Hall–Kier alpha value is -3.63. The average Bonchev–Trinajstić information content (AvgIpc) is 3.42. The number of nitrogens with zero attached hydrogens (tertiary/aromatic N) is 1. The fourth-order valence-electron chi connectivity index (χ4n) is 4.99. The van der Waals surface area contributed by atoms with Gasteiger partial charge in [-0.3, -0.25) is 9.59 Å². The molecule has 1 aromatic heterocycles. The molecule has 40 heavy (non-hydrogen) atoms. The van der Waals surface area contributed by atoms with Crippen LogP contribution < -0.4 is 20.1 Å². The molecule has 3 N–H and O–H groups in total. The molecule has 1 aliphatic carbocycles. The second-order valence-electron chi connectivity index (χ2n) is 10.0. The Morgan fingerprint density at radius 3 is 2.48 bits per heavy atom. The Morgan fingerprint density at radius 2 is 1.75 bits per heavy atom. The van der Waals surface area contributed by atoms with Crippen molar-refractivity contribution in [2.75, 3.05) is 19.0 Å². The molecule has 0 bridgehead atoms. The SMILES string of the molecule is Cc1ccc(C(=O)NC2CCC(NC(=O)c3cc(F)cnc3Oc3ccc4c(c3)SCC4)CC2)c(OCCO)c1. The van der Waals surface area contributed by atoms with E-state index >= 15 is 0 Å². The minimum absolute atomic E-state index is 0.0401. The Morgan fingerprint density at radius 1 is 1.02 bits per heavy atom. The van der Waals surface area contributed by atoms with E-state index in [0.29, 0.717) is 42.7 Å². The number of rotatable bonds is 9. The number of aryl methyl sites for hydroxylation is 2. The number of hydrogen-bond donors (Lipinski definition) is 3. The maximum Gasteiger partial charge on any atom is 0.257 e. The number of halogens is 1. The second kappa shape index (κ2) is 12.7. The summed E-state index contributed by atoms with van der Waals surface area (Å²) in [5.74, 6) is 0.767. The minimum atomic E-state index is -0.619. The number of carbonyl (C=O) groups is 2. The van der Waals surface area contributed by atoms with Crippen molar-refractivity contribution < 1.29 is 28.6 Å². The van der Waals surface area contributed by atoms with Gasteiger partial charge >= 0.3 is 0 Å².